The number of anilines is 1. The van der Waals surface area contributed by atoms with Gasteiger partial charge in [-0.25, -0.2) is 9.98 Å². The summed E-state index contributed by atoms with van der Waals surface area (Å²) >= 11 is 0. The van der Waals surface area contributed by atoms with Crippen molar-refractivity contribution in [2.75, 3.05) is 50.7 Å². The summed E-state index contributed by atoms with van der Waals surface area (Å²) in [6, 6.07) is 10.7. The first kappa shape index (κ1) is 23.4. The fraction of sp³-hybridized carbons (Fsp3) is 0.550. The predicted molar refractivity (Wildman–Crippen MR) is 129 cm³/mol. The van der Waals surface area contributed by atoms with Gasteiger partial charge >= 0.3 is 0 Å². The molecule has 1 aliphatic rings. The van der Waals surface area contributed by atoms with Gasteiger partial charge in [-0.15, -0.1) is 24.0 Å². The summed E-state index contributed by atoms with van der Waals surface area (Å²) in [5, 5.41) is 10.8. The Morgan fingerprint density at radius 2 is 1.86 bits per heavy atom. The Kier molecular flexibility index (Phi) is 10.2. The minimum Gasteiger partial charge on any atom is -0.369 e. The van der Waals surface area contributed by atoms with Crippen molar-refractivity contribution in [3.05, 3.63) is 42.5 Å². The molecule has 29 heavy (non-hydrogen) atoms. The third-order valence-electron chi connectivity index (χ3n) is 4.97. The molecular weight excluding hydrogens is 479 g/mol. The van der Waals surface area contributed by atoms with Crippen LogP contribution in [0.5, 0.6) is 0 Å². The number of guanidine groups is 1. The van der Waals surface area contributed by atoms with E-state index in [-0.39, 0.29) is 24.0 Å². The lowest BCUT2D eigenvalue weighted by Gasteiger charge is -2.36. The van der Waals surface area contributed by atoms with Crippen LogP contribution in [-0.4, -0.2) is 71.4 Å². The highest BCUT2D eigenvalue weighted by molar-refractivity contribution is 14.0. The van der Waals surface area contributed by atoms with Crippen molar-refractivity contribution in [1.82, 2.24) is 30.3 Å². The Morgan fingerprint density at radius 1 is 1.10 bits per heavy atom. The smallest absolute Gasteiger partial charge is 0.191 e. The lowest BCUT2D eigenvalue weighted by molar-refractivity contribution is 0.255. The highest BCUT2D eigenvalue weighted by Crippen LogP contribution is 2.15. The molecule has 8 nitrogen and oxygen atoms in total. The predicted octanol–water partition coefficient (Wildman–Crippen LogP) is 1.70. The van der Waals surface area contributed by atoms with Crippen molar-refractivity contribution in [2.45, 2.75) is 19.9 Å². The zero-order chi connectivity index (χ0) is 19.6. The molecule has 2 N–H and O–H groups in total. The summed E-state index contributed by atoms with van der Waals surface area (Å²) in [6.07, 6.45) is 2.66. The van der Waals surface area contributed by atoms with Crippen LogP contribution in [0.25, 0.3) is 0 Å². The fourth-order valence-corrected chi connectivity index (χ4v) is 3.33. The molecule has 1 fully saturated rings. The van der Waals surface area contributed by atoms with E-state index in [0.717, 1.165) is 64.0 Å². The molecule has 2 aromatic rings. The van der Waals surface area contributed by atoms with Gasteiger partial charge in [0.15, 0.2) is 5.96 Å². The van der Waals surface area contributed by atoms with Gasteiger partial charge in [-0.3, -0.25) is 9.58 Å². The third-order valence-corrected chi connectivity index (χ3v) is 4.97. The van der Waals surface area contributed by atoms with Crippen LogP contribution in [-0.2, 0) is 13.6 Å². The molecule has 2 heterocycles. The lowest BCUT2D eigenvalue weighted by Crippen LogP contribution is -2.47. The number of halogens is 1. The van der Waals surface area contributed by atoms with Crippen LogP contribution in [0.15, 0.2) is 41.7 Å². The van der Waals surface area contributed by atoms with E-state index >= 15 is 0 Å². The Labute approximate surface area is 190 Å². The summed E-state index contributed by atoms with van der Waals surface area (Å²) in [5.41, 5.74) is 1.33. The summed E-state index contributed by atoms with van der Waals surface area (Å²) in [7, 11) is 1.88. The SMILES string of the molecule is CCNC(=NCc1ncnn1C)NCCCN1CCN(c2ccccc2)CC1.I. The molecule has 0 bridgehead atoms. The first-order valence-corrected chi connectivity index (χ1v) is 10.1. The standard InChI is InChI=1S/C20H32N8.HI/c1-3-21-20(23-16-19-24-17-25-26(19)2)22-10-7-11-27-12-14-28(15-13-27)18-8-5-4-6-9-18;/h4-6,8-9,17H,3,7,10-16H2,1-2H3,(H2,21,22,23);1H. The fourth-order valence-electron chi connectivity index (χ4n) is 3.33. The second-order valence-corrected chi connectivity index (χ2v) is 6.94. The molecule has 0 aliphatic carbocycles. The van der Waals surface area contributed by atoms with Gasteiger partial charge in [0.1, 0.15) is 18.7 Å². The van der Waals surface area contributed by atoms with Gasteiger partial charge in [-0.05, 0) is 32.0 Å². The van der Waals surface area contributed by atoms with Crippen LogP contribution in [0.2, 0.25) is 0 Å². The van der Waals surface area contributed by atoms with Gasteiger partial charge < -0.3 is 15.5 Å². The van der Waals surface area contributed by atoms with E-state index in [1.54, 1.807) is 11.0 Å². The average molecular weight is 512 g/mol. The van der Waals surface area contributed by atoms with Gasteiger partial charge in [0, 0.05) is 52.0 Å². The van der Waals surface area contributed by atoms with E-state index in [4.69, 9.17) is 0 Å². The second kappa shape index (κ2) is 12.6. The third kappa shape index (κ3) is 7.46. The molecule has 9 heteroatoms. The maximum atomic E-state index is 4.60. The molecular formula is C20H33IN8. The highest BCUT2D eigenvalue weighted by atomic mass is 127. The van der Waals surface area contributed by atoms with Crippen LogP contribution in [0, 0.1) is 0 Å². The summed E-state index contributed by atoms with van der Waals surface area (Å²) in [6.45, 7) is 9.88. The summed E-state index contributed by atoms with van der Waals surface area (Å²) < 4.78 is 1.75. The van der Waals surface area contributed by atoms with Crippen LogP contribution in [0.1, 0.15) is 19.2 Å². The number of hydrogen-bond acceptors (Lipinski definition) is 5. The van der Waals surface area contributed by atoms with Crippen LogP contribution >= 0.6 is 24.0 Å². The van der Waals surface area contributed by atoms with Crippen molar-refractivity contribution < 1.29 is 0 Å². The maximum Gasteiger partial charge on any atom is 0.191 e. The van der Waals surface area contributed by atoms with E-state index < -0.39 is 0 Å². The van der Waals surface area contributed by atoms with Gasteiger partial charge in [-0.1, -0.05) is 18.2 Å². The Hall–Kier alpha value is -1.88. The average Bonchev–Trinajstić information content (AvgIpc) is 3.15. The monoisotopic (exact) mass is 512 g/mol. The number of aliphatic imine (C=N–C) groups is 1. The first-order chi connectivity index (χ1) is 13.8. The molecule has 0 radical (unpaired) electrons. The van der Waals surface area contributed by atoms with Crippen LogP contribution in [0.3, 0.4) is 0 Å². The van der Waals surface area contributed by atoms with E-state index in [9.17, 15) is 0 Å². The molecule has 1 aromatic heterocycles. The van der Waals surface area contributed by atoms with Gasteiger partial charge in [-0.2, -0.15) is 5.10 Å². The number of piperazine rings is 1. The first-order valence-electron chi connectivity index (χ1n) is 10.1. The Morgan fingerprint density at radius 3 is 2.52 bits per heavy atom. The zero-order valence-corrected chi connectivity index (χ0v) is 19.7. The number of hydrogen-bond donors (Lipinski definition) is 2. The Balaban J connectivity index is 0.00000300. The maximum absolute atomic E-state index is 4.60. The molecule has 1 saturated heterocycles. The molecule has 0 atom stereocenters. The largest absolute Gasteiger partial charge is 0.369 e. The minimum atomic E-state index is 0. The van der Waals surface area contributed by atoms with Crippen molar-refractivity contribution >= 4 is 35.6 Å². The molecule has 0 amide bonds. The van der Waals surface area contributed by atoms with Gasteiger partial charge in [0.25, 0.3) is 0 Å². The normalized spacial score (nSPS) is 15.1. The number of aromatic nitrogens is 3. The summed E-state index contributed by atoms with van der Waals surface area (Å²) in [5.74, 6) is 1.69. The highest BCUT2D eigenvalue weighted by Gasteiger charge is 2.16. The molecule has 1 aromatic carbocycles. The van der Waals surface area contributed by atoms with Gasteiger partial charge in [0.2, 0.25) is 0 Å². The van der Waals surface area contributed by atoms with E-state index in [1.807, 2.05) is 7.05 Å². The zero-order valence-electron chi connectivity index (χ0n) is 17.4. The van der Waals surface area contributed by atoms with Crippen molar-refractivity contribution in [3.8, 4) is 0 Å². The van der Waals surface area contributed by atoms with E-state index in [2.05, 4.69) is 72.8 Å². The number of rotatable bonds is 8. The number of benzene rings is 1. The molecule has 1 aliphatic heterocycles. The van der Waals surface area contributed by atoms with E-state index in [1.165, 1.54) is 5.69 Å². The molecule has 0 spiro atoms. The van der Waals surface area contributed by atoms with Gasteiger partial charge in [0.05, 0.1) is 0 Å². The number of nitrogens with zero attached hydrogens (tertiary/aromatic N) is 6. The second-order valence-electron chi connectivity index (χ2n) is 6.94. The minimum absolute atomic E-state index is 0. The lowest BCUT2D eigenvalue weighted by atomic mass is 10.2. The number of para-hydroxylation sites is 1. The number of nitrogens with one attached hydrogen (secondary N) is 2. The van der Waals surface area contributed by atoms with Crippen molar-refractivity contribution in [3.63, 3.8) is 0 Å². The molecule has 3 rings (SSSR count). The van der Waals surface area contributed by atoms with Crippen LogP contribution < -0.4 is 15.5 Å². The van der Waals surface area contributed by atoms with E-state index in [0.29, 0.717) is 6.54 Å². The Bertz CT molecular complexity index is 725. The number of aryl methyl sites for hydroxylation is 1. The quantitative estimate of drug-likeness (QED) is 0.243. The topological polar surface area (TPSA) is 73.6 Å². The van der Waals surface area contributed by atoms with Crippen molar-refractivity contribution in [2.24, 2.45) is 12.0 Å². The molecule has 0 saturated carbocycles. The molecule has 160 valence electrons. The molecule has 0 unspecified atom stereocenters. The van der Waals surface area contributed by atoms with Crippen molar-refractivity contribution in [1.29, 1.82) is 0 Å². The van der Waals surface area contributed by atoms with Crippen LogP contribution in [0.4, 0.5) is 5.69 Å². The summed E-state index contributed by atoms with van der Waals surface area (Å²) in [4.78, 5) is 13.8.